The van der Waals surface area contributed by atoms with Gasteiger partial charge in [0.05, 0.1) is 20.3 Å². The van der Waals surface area contributed by atoms with E-state index in [0.29, 0.717) is 42.3 Å². The van der Waals surface area contributed by atoms with Gasteiger partial charge in [-0.2, -0.15) is 8.78 Å². The molecule has 8 heteroatoms. The van der Waals surface area contributed by atoms with Crippen LogP contribution in [0.3, 0.4) is 0 Å². The van der Waals surface area contributed by atoms with E-state index in [0.717, 1.165) is 13.1 Å². The van der Waals surface area contributed by atoms with Crippen LogP contribution in [0.5, 0.6) is 11.5 Å². The van der Waals surface area contributed by atoms with Gasteiger partial charge in [0.25, 0.3) is 0 Å². The lowest BCUT2D eigenvalue weighted by Crippen LogP contribution is -2.41. The first-order chi connectivity index (χ1) is 14.5. The minimum absolute atomic E-state index is 0.0366. The third-order valence-electron chi connectivity index (χ3n) is 4.95. The lowest BCUT2D eigenvalue weighted by atomic mass is 10.0. The summed E-state index contributed by atoms with van der Waals surface area (Å²) in [5.74, 6) is 0.320. The number of ether oxygens (including phenoxy) is 3. The minimum Gasteiger partial charge on any atom is -0.497 e. The third kappa shape index (κ3) is 5.90. The van der Waals surface area contributed by atoms with Gasteiger partial charge in [-0.3, -0.25) is 9.69 Å². The van der Waals surface area contributed by atoms with Crippen molar-refractivity contribution in [1.82, 2.24) is 4.90 Å². The van der Waals surface area contributed by atoms with Crippen LogP contribution < -0.4 is 14.8 Å². The molecule has 1 N–H and O–H groups in total. The summed E-state index contributed by atoms with van der Waals surface area (Å²) < 4.78 is 40.8. The second-order valence-corrected chi connectivity index (χ2v) is 7.12. The van der Waals surface area contributed by atoms with Gasteiger partial charge in [-0.1, -0.05) is 19.1 Å². The topological polar surface area (TPSA) is 60.0 Å². The van der Waals surface area contributed by atoms with Gasteiger partial charge >= 0.3 is 6.61 Å². The maximum absolute atomic E-state index is 12.8. The molecule has 0 radical (unpaired) electrons. The molecule has 2 aromatic rings. The van der Waals surface area contributed by atoms with Gasteiger partial charge in [0.15, 0.2) is 0 Å². The standard InChI is InChI=1S/C22H26F2N2O4/c1-15(14-26-9-11-29-12-10-26)21(27)25-17-5-8-20(30-22(23)24)19(13-17)16-3-6-18(28-2)7-4-16/h3-8,13,15,22H,9-12,14H2,1-2H3,(H,25,27)/t15-/m0/s1. The number of hydrogen-bond donors (Lipinski definition) is 1. The average Bonchev–Trinajstić information content (AvgIpc) is 2.75. The molecule has 162 valence electrons. The Hall–Kier alpha value is -2.71. The fraction of sp³-hybridized carbons (Fsp3) is 0.409. The van der Waals surface area contributed by atoms with Crippen molar-refractivity contribution in [3.63, 3.8) is 0 Å². The van der Waals surface area contributed by atoms with E-state index in [9.17, 15) is 13.6 Å². The smallest absolute Gasteiger partial charge is 0.387 e. The van der Waals surface area contributed by atoms with Gasteiger partial charge in [-0.15, -0.1) is 0 Å². The van der Waals surface area contributed by atoms with Gasteiger partial charge in [-0.05, 0) is 35.9 Å². The fourth-order valence-corrected chi connectivity index (χ4v) is 3.32. The Morgan fingerprint density at radius 1 is 1.17 bits per heavy atom. The number of morpholine rings is 1. The van der Waals surface area contributed by atoms with Crippen molar-refractivity contribution >= 4 is 11.6 Å². The van der Waals surface area contributed by atoms with Crippen molar-refractivity contribution in [2.24, 2.45) is 5.92 Å². The van der Waals surface area contributed by atoms with Gasteiger partial charge in [0.1, 0.15) is 11.5 Å². The number of anilines is 1. The normalized spacial score (nSPS) is 15.6. The summed E-state index contributed by atoms with van der Waals surface area (Å²) in [6.45, 7) is 2.50. The summed E-state index contributed by atoms with van der Waals surface area (Å²) in [7, 11) is 1.55. The van der Waals surface area contributed by atoms with Crippen LogP contribution in [0.25, 0.3) is 11.1 Å². The molecule has 0 aromatic heterocycles. The fourth-order valence-electron chi connectivity index (χ4n) is 3.32. The Balaban J connectivity index is 1.76. The number of rotatable bonds is 8. The monoisotopic (exact) mass is 420 g/mol. The van der Waals surface area contributed by atoms with E-state index in [1.54, 1.807) is 43.5 Å². The predicted molar refractivity (Wildman–Crippen MR) is 110 cm³/mol. The van der Waals surface area contributed by atoms with E-state index in [2.05, 4.69) is 15.0 Å². The van der Waals surface area contributed by atoms with Crippen molar-refractivity contribution in [1.29, 1.82) is 0 Å². The molecular weight excluding hydrogens is 394 g/mol. The second kappa shape index (κ2) is 10.4. The maximum Gasteiger partial charge on any atom is 0.387 e. The highest BCUT2D eigenvalue weighted by atomic mass is 19.3. The zero-order valence-electron chi connectivity index (χ0n) is 17.1. The summed E-state index contributed by atoms with van der Waals surface area (Å²) in [4.78, 5) is 14.8. The van der Waals surface area contributed by atoms with E-state index in [1.807, 2.05) is 6.92 Å². The number of benzene rings is 2. The molecule has 0 saturated carbocycles. The first kappa shape index (κ1) is 22.0. The van der Waals surface area contributed by atoms with E-state index in [1.165, 1.54) is 6.07 Å². The zero-order valence-corrected chi connectivity index (χ0v) is 17.1. The van der Waals surface area contributed by atoms with Gasteiger partial charge in [-0.25, -0.2) is 0 Å². The van der Waals surface area contributed by atoms with Gasteiger partial charge in [0.2, 0.25) is 5.91 Å². The zero-order chi connectivity index (χ0) is 21.5. The molecule has 1 fully saturated rings. The van der Waals surface area contributed by atoms with Gasteiger partial charge < -0.3 is 19.5 Å². The SMILES string of the molecule is COc1ccc(-c2cc(NC(=O)[C@@H](C)CN3CCOCC3)ccc2OC(F)F)cc1. The molecule has 1 aliphatic rings. The highest BCUT2D eigenvalue weighted by molar-refractivity contribution is 5.93. The molecule has 2 aromatic carbocycles. The Kier molecular flexibility index (Phi) is 7.59. The Bertz CT molecular complexity index is 840. The Morgan fingerprint density at radius 3 is 2.50 bits per heavy atom. The molecule has 30 heavy (non-hydrogen) atoms. The molecule has 6 nitrogen and oxygen atoms in total. The number of alkyl halides is 2. The first-order valence-electron chi connectivity index (χ1n) is 9.80. The average molecular weight is 420 g/mol. The summed E-state index contributed by atoms with van der Waals surface area (Å²) in [6.07, 6.45) is 0. The van der Waals surface area contributed by atoms with Crippen LogP contribution in [-0.2, 0) is 9.53 Å². The minimum atomic E-state index is -2.95. The predicted octanol–water partition coefficient (Wildman–Crippen LogP) is 3.87. The van der Waals surface area contributed by atoms with Crippen molar-refractivity contribution in [2.75, 3.05) is 45.3 Å². The van der Waals surface area contributed by atoms with Crippen LogP contribution in [0.2, 0.25) is 0 Å². The molecule has 0 bridgehead atoms. The van der Waals surface area contributed by atoms with Crippen molar-refractivity contribution in [3.05, 3.63) is 42.5 Å². The number of nitrogens with one attached hydrogen (secondary N) is 1. The number of nitrogens with zero attached hydrogens (tertiary/aromatic N) is 1. The van der Waals surface area contributed by atoms with E-state index in [4.69, 9.17) is 9.47 Å². The van der Waals surface area contributed by atoms with Crippen molar-refractivity contribution < 1.29 is 27.8 Å². The van der Waals surface area contributed by atoms with Crippen LogP contribution in [0, 0.1) is 5.92 Å². The Labute approximate surface area is 174 Å². The molecule has 1 saturated heterocycles. The highest BCUT2D eigenvalue weighted by Gasteiger charge is 2.20. The third-order valence-corrected chi connectivity index (χ3v) is 4.95. The number of methoxy groups -OCH3 is 1. The molecule has 1 heterocycles. The van der Waals surface area contributed by atoms with E-state index >= 15 is 0 Å². The second-order valence-electron chi connectivity index (χ2n) is 7.12. The quantitative estimate of drug-likeness (QED) is 0.703. The number of carbonyl (C=O) groups excluding carboxylic acids is 1. The molecule has 1 atom stereocenters. The molecule has 0 spiro atoms. The number of amides is 1. The van der Waals surface area contributed by atoms with Crippen LogP contribution >= 0.6 is 0 Å². The lowest BCUT2D eigenvalue weighted by molar-refractivity contribution is -0.120. The highest BCUT2D eigenvalue weighted by Crippen LogP contribution is 2.34. The maximum atomic E-state index is 12.8. The summed E-state index contributed by atoms with van der Waals surface area (Å²) >= 11 is 0. The van der Waals surface area contributed by atoms with Crippen LogP contribution in [0.15, 0.2) is 42.5 Å². The van der Waals surface area contributed by atoms with Crippen LogP contribution in [-0.4, -0.2) is 57.4 Å². The molecule has 3 rings (SSSR count). The van der Waals surface area contributed by atoms with Crippen molar-refractivity contribution in [3.8, 4) is 22.6 Å². The molecule has 0 unspecified atom stereocenters. The van der Waals surface area contributed by atoms with E-state index in [-0.39, 0.29) is 17.6 Å². The van der Waals surface area contributed by atoms with Crippen LogP contribution in [0.4, 0.5) is 14.5 Å². The number of halogens is 2. The largest absolute Gasteiger partial charge is 0.497 e. The molecular formula is C22H26F2N2O4. The number of hydrogen-bond acceptors (Lipinski definition) is 5. The van der Waals surface area contributed by atoms with E-state index < -0.39 is 6.61 Å². The first-order valence-corrected chi connectivity index (χ1v) is 9.80. The van der Waals surface area contributed by atoms with Crippen LogP contribution in [0.1, 0.15) is 6.92 Å². The summed E-state index contributed by atoms with van der Waals surface area (Å²) in [6, 6.07) is 11.6. The number of carbonyl (C=O) groups is 1. The molecule has 1 aliphatic heterocycles. The molecule has 1 amide bonds. The summed E-state index contributed by atoms with van der Waals surface area (Å²) in [5, 5.41) is 2.88. The van der Waals surface area contributed by atoms with Crippen molar-refractivity contribution in [2.45, 2.75) is 13.5 Å². The summed E-state index contributed by atoms with van der Waals surface area (Å²) in [5.41, 5.74) is 1.64. The lowest BCUT2D eigenvalue weighted by Gasteiger charge is -2.28. The van der Waals surface area contributed by atoms with Gasteiger partial charge in [0, 0.05) is 36.8 Å². The Morgan fingerprint density at radius 2 is 1.87 bits per heavy atom. The molecule has 0 aliphatic carbocycles.